The van der Waals surface area contributed by atoms with Crippen LogP contribution in [0.1, 0.15) is 38.2 Å². The Bertz CT molecular complexity index is 425. The number of hydrogen-bond acceptors (Lipinski definition) is 4. The first-order chi connectivity index (χ1) is 8.68. The van der Waals surface area contributed by atoms with Crippen LogP contribution in [0.25, 0.3) is 0 Å². The number of nitrogens with one attached hydrogen (secondary N) is 1. The number of nitrogen functional groups attached to an aromatic ring is 1. The number of carbonyl (C=O) groups is 1. The number of Topliss-reactive ketones (excluding diaryl/α,β-unsaturated/α-hetero) is 1. The Morgan fingerprint density at radius 3 is 3.06 bits per heavy atom. The van der Waals surface area contributed by atoms with Crippen molar-refractivity contribution in [2.24, 2.45) is 0 Å². The van der Waals surface area contributed by atoms with Crippen LogP contribution in [0.3, 0.4) is 0 Å². The van der Waals surface area contributed by atoms with Gasteiger partial charge in [-0.15, -0.1) is 0 Å². The van der Waals surface area contributed by atoms with Gasteiger partial charge in [0.1, 0.15) is 5.82 Å². The van der Waals surface area contributed by atoms with Crippen LogP contribution in [-0.2, 0) is 11.2 Å². The van der Waals surface area contributed by atoms with Gasteiger partial charge in [-0.2, -0.15) is 0 Å². The molecule has 0 radical (unpaired) electrons. The molecular weight excluding hydrogens is 226 g/mol. The van der Waals surface area contributed by atoms with Crippen molar-refractivity contribution in [3.05, 3.63) is 23.9 Å². The molecule has 3 N–H and O–H groups in total. The fourth-order valence-electron chi connectivity index (χ4n) is 2.77. The summed E-state index contributed by atoms with van der Waals surface area (Å²) in [4.78, 5) is 16.6. The predicted molar refractivity (Wildman–Crippen MR) is 72.2 cm³/mol. The average Bonchev–Trinajstić information content (AvgIpc) is 2.82. The van der Waals surface area contributed by atoms with Crippen LogP contribution in [0.4, 0.5) is 5.82 Å². The Morgan fingerprint density at radius 2 is 2.44 bits per heavy atom. The molecule has 4 nitrogen and oxygen atoms in total. The third kappa shape index (κ3) is 2.53. The molecule has 0 aliphatic carbocycles. The van der Waals surface area contributed by atoms with Gasteiger partial charge in [0.2, 0.25) is 0 Å². The van der Waals surface area contributed by atoms with Crippen molar-refractivity contribution in [3.8, 4) is 0 Å². The lowest BCUT2D eigenvalue weighted by atomic mass is 9.84. The molecule has 1 atom stereocenters. The molecule has 1 aromatic heterocycles. The normalized spacial score (nSPS) is 23.2. The van der Waals surface area contributed by atoms with Crippen LogP contribution in [0.2, 0.25) is 0 Å². The Balaban J connectivity index is 2.13. The molecule has 0 spiro atoms. The zero-order valence-electron chi connectivity index (χ0n) is 10.9. The monoisotopic (exact) mass is 247 g/mol. The SMILES string of the molecule is CCCC1(C(=O)Cc2cccnc2N)CCCN1. The topological polar surface area (TPSA) is 68.0 Å². The van der Waals surface area contributed by atoms with E-state index in [-0.39, 0.29) is 11.3 Å². The number of ketones is 1. The van der Waals surface area contributed by atoms with Crippen molar-refractivity contribution in [1.29, 1.82) is 0 Å². The van der Waals surface area contributed by atoms with E-state index in [1.807, 2.05) is 12.1 Å². The van der Waals surface area contributed by atoms with Crippen molar-refractivity contribution >= 4 is 11.6 Å². The van der Waals surface area contributed by atoms with E-state index < -0.39 is 0 Å². The molecular formula is C14H21N3O. The standard InChI is InChI=1S/C14H21N3O/c1-2-6-14(7-4-9-17-14)12(18)10-11-5-3-8-16-13(11)15/h3,5,8,17H,2,4,6-7,9-10H2,1H3,(H2,15,16). The van der Waals surface area contributed by atoms with E-state index in [0.29, 0.717) is 12.2 Å². The second-order valence-corrected chi connectivity index (χ2v) is 5.01. The fraction of sp³-hybridized carbons (Fsp3) is 0.571. The zero-order valence-corrected chi connectivity index (χ0v) is 10.9. The average molecular weight is 247 g/mol. The summed E-state index contributed by atoms with van der Waals surface area (Å²) in [6, 6.07) is 3.71. The van der Waals surface area contributed by atoms with E-state index in [2.05, 4.69) is 17.2 Å². The maximum Gasteiger partial charge on any atom is 0.157 e. The molecule has 2 heterocycles. The lowest BCUT2D eigenvalue weighted by Gasteiger charge is -2.27. The lowest BCUT2D eigenvalue weighted by Crippen LogP contribution is -2.48. The summed E-state index contributed by atoms with van der Waals surface area (Å²) in [6.45, 7) is 3.06. The van der Waals surface area contributed by atoms with Crippen molar-refractivity contribution in [2.75, 3.05) is 12.3 Å². The highest BCUT2D eigenvalue weighted by Gasteiger charge is 2.39. The molecule has 4 heteroatoms. The largest absolute Gasteiger partial charge is 0.383 e. The van der Waals surface area contributed by atoms with Gasteiger partial charge in [0.25, 0.3) is 0 Å². The first-order valence-electron chi connectivity index (χ1n) is 6.65. The van der Waals surface area contributed by atoms with Crippen LogP contribution in [0, 0.1) is 0 Å². The van der Waals surface area contributed by atoms with Crippen molar-refractivity contribution in [3.63, 3.8) is 0 Å². The van der Waals surface area contributed by atoms with E-state index in [4.69, 9.17) is 5.73 Å². The Kier molecular flexibility index (Phi) is 3.97. The summed E-state index contributed by atoms with van der Waals surface area (Å²) < 4.78 is 0. The zero-order chi connectivity index (χ0) is 13.0. The molecule has 0 saturated carbocycles. The molecule has 1 unspecified atom stereocenters. The number of anilines is 1. The van der Waals surface area contributed by atoms with Gasteiger partial charge in [0, 0.05) is 18.2 Å². The Hall–Kier alpha value is -1.42. The summed E-state index contributed by atoms with van der Waals surface area (Å²) in [7, 11) is 0. The first-order valence-corrected chi connectivity index (χ1v) is 6.65. The molecule has 0 aromatic carbocycles. The maximum absolute atomic E-state index is 12.5. The van der Waals surface area contributed by atoms with Gasteiger partial charge in [-0.05, 0) is 31.9 Å². The number of carbonyl (C=O) groups excluding carboxylic acids is 1. The summed E-state index contributed by atoms with van der Waals surface area (Å²) in [5, 5.41) is 3.40. The first kappa shape index (κ1) is 13.0. The Morgan fingerprint density at radius 1 is 1.61 bits per heavy atom. The van der Waals surface area contributed by atoms with Crippen molar-refractivity contribution in [1.82, 2.24) is 10.3 Å². The summed E-state index contributed by atoms with van der Waals surface area (Å²) in [5.74, 6) is 0.719. The van der Waals surface area contributed by atoms with Crippen LogP contribution in [-0.4, -0.2) is 22.9 Å². The van der Waals surface area contributed by atoms with E-state index in [9.17, 15) is 4.79 Å². The van der Waals surface area contributed by atoms with Gasteiger partial charge >= 0.3 is 0 Å². The van der Waals surface area contributed by atoms with E-state index in [0.717, 1.165) is 37.8 Å². The quantitative estimate of drug-likeness (QED) is 0.831. The third-order valence-corrected chi connectivity index (χ3v) is 3.73. The molecule has 0 bridgehead atoms. The van der Waals surface area contributed by atoms with Crippen LogP contribution >= 0.6 is 0 Å². The molecule has 0 amide bonds. The number of nitrogens with zero attached hydrogens (tertiary/aromatic N) is 1. The van der Waals surface area contributed by atoms with Gasteiger partial charge < -0.3 is 11.1 Å². The van der Waals surface area contributed by atoms with Gasteiger partial charge in [-0.25, -0.2) is 4.98 Å². The second-order valence-electron chi connectivity index (χ2n) is 5.01. The van der Waals surface area contributed by atoms with Gasteiger partial charge in [0.05, 0.1) is 5.54 Å². The number of aromatic nitrogens is 1. The molecule has 18 heavy (non-hydrogen) atoms. The van der Waals surface area contributed by atoms with E-state index in [1.165, 1.54) is 0 Å². The maximum atomic E-state index is 12.5. The molecule has 1 saturated heterocycles. The highest BCUT2D eigenvalue weighted by atomic mass is 16.1. The minimum atomic E-state index is -0.322. The predicted octanol–water partition coefficient (Wildman–Crippen LogP) is 1.70. The van der Waals surface area contributed by atoms with Crippen LogP contribution in [0.15, 0.2) is 18.3 Å². The fourth-order valence-corrected chi connectivity index (χ4v) is 2.77. The number of rotatable bonds is 5. The van der Waals surface area contributed by atoms with Gasteiger partial charge in [-0.1, -0.05) is 19.4 Å². The molecule has 1 fully saturated rings. The van der Waals surface area contributed by atoms with Crippen LogP contribution < -0.4 is 11.1 Å². The Labute approximate surface area is 108 Å². The molecule has 98 valence electrons. The summed E-state index contributed by atoms with van der Waals surface area (Å²) in [5.41, 5.74) is 6.32. The molecule has 1 aromatic rings. The second kappa shape index (κ2) is 5.48. The molecule has 1 aliphatic heterocycles. The van der Waals surface area contributed by atoms with Crippen LogP contribution in [0.5, 0.6) is 0 Å². The number of nitrogens with two attached hydrogens (primary N) is 1. The van der Waals surface area contributed by atoms with Crippen molar-refractivity contribution in [2.45, 2.75) is 44.6 Å². The number of pyridine rings is 1. The highest BCUT2D eigenvalue weighted by molar-refractivity contribution is 5.91. The lowest BCUT2D eigenvalue weighted by molar-refractivity contribution is -0.124. The minimum absolute atomic E-state index is 0.251. The number of hydrogen-bond donors (Lipinski definition) is 2. The minimum Gasteiger partial charge on any atom is -0.383 e. The highest BCUT2D eigenvalue weighted by Crippen LogP contribution is 2.27. The summed E-state index contributed by atoms with van der Waals surface area (Å²) in [6.07, 6.45) is 5.98. The van der Waals surface area contributed by atoms with Crippen molar-refractivity contribution < 1.29 is 4.79 Å². The van der Waals surface area contributed by atoms with E-state index >= 15 is 0 Å². The van der Waals surface area contributed by atoms with Gasteiger partial charge in [0.15, 0.2) is 5.78 Å². The molecule has 1 aliphatic rings. The molecule has 2 rings (SSSR count). The van der Waals surface area contributed by atoms with E-state index in [1.54, 1.807) is 6.20 Å². The third-order valence-electron chi connectivity index (χ3n) is 3.73. The smallest absolute Gasteiger partial charge is 0.157 e. The summed E-state index contributed by atoms with van der Waals surface area (Å²) >= 11 is 0. The van der Waals surface area contributed by atoms with Gasteiger partial charge in [-0.3, -0.25) is 4.79 Å².